The third kappa shape index (κ3) is 4.81. The lowest BCUT2D eigenvalue weighted by molar-refractivity contribution is -0.148. The molecule has 0 saturated heterocycles. The number of hydrogen-bond donors (Lipinski definition) is 1. The molecule has 0 aliphatic heterocycles. The summed E-state index contributed by atoms with van der Waals surface area (Å²) in [4.78, 5) is 23.6. The first-order valence-corrected chi connectivity index (χ1v) is 5.38. The van der Waals surface area contributed by atoms with E-state index in [9.17, 15) is 9.59 Å². The number of hydrogen-bond acceptors (Lipinski definition) is 2. The van der Waals surface area contributed by atoms with Crippen LogP contribution in [-0.2, 0) is 9.59 Å². The van der Waals surface area contributed by atoms with E-state index in [0.29, 0.717) is 12.3 Å². The number of carboxylic acids is 1. The minimum Gasteiger partial charge on any atom is -0.480 e. The van der Waals surface area contributed by atoms with Crippen molar-refractivity contribution in [1.29, 1.82) is 0 Å². The van der Waals surface area contributed by atoms with E-state index >= 15 is 0 Å². The second kappa shape index (κ2) is 6.43. The molecule has 0 bridgehead atoms. The van der Waals surface area contributed by atoms with Crippen molar-refractivity contribution in [3.05, 3.63) is 0 Å². The summed E-state index contributed by atoms with van der Waals surface area (Å²) in [6.07, 6.45) is 2.48. The van der Waals surface area contributed by atoms with Crippen LogP contribution >= 0.6 is 0 Å². The Labute approximate surface area is 91.3 Å². The molecule has 0 heterocycles. The van der Waals surface area contributed by atoms with Gasteiger partial charge in [0.15, 0.2) is 0 Å². The molecule has 0 aromatic carbocycles. The average molecular weight is 215 g/mol. The number of nitrogens with zero attached hydrogens (tertiary/aromatic N) is 1. The number of carbonyl (C=O) groups is 2. The smallest absolute Gasteiger partial charge is 0.326 e. The van der Waals surface area contributed by atoms with Gasteiger partial charge in [-0.2, -0.15) is 0 Å². The van der Waals surface area contributed by atoms with E-state index in [1.807, 2.05) is 6.92 Å². The highest BCUT2D eigenvalue weighted by Crippen LogP contribution is 2.12. The molecular weight excluding hydrogens is 194 g/mol. The standard InChI is InChI=1S/C11H21NO3/c1-5-6-8(2)7-10(13)12(4)9(3)11(14)15/h8-9H,5-7H2,1-4H3,(H,14,15)/t8-,9+/m0/s1. The molecule has 0 rings (SSSR count). The second-order valence-electron chi connectivity index (χ2n) is 4.12. The Morgan fingerprint density at radius 1 is 1.33 bits per heavy atom. The molecule has 0 aliphatic carbocycles. The summed E-state index contributed by atoms with van der Waals surface area (Å²) < 4.78 is 0. The van der Waals surface area contributed by atoms with E-state index in [-0.39, 0.29) is 5.91 Å². The van der Waals surface area contributed by atoms with Crippen molar-refractivity contribution in [2.45, 2.75) is 46.1 Å². The average Bonchev–Trinajstić information content (AvgIpc) is 2.15. The Kier molecular flexibility index (Phi) is 5.97. The summed E-state index contributed by atoms with van der Waals surface area (Å²) in [5.41, 5.74) is 0. The summed E-state index contributed by atoms with van der Waals surface area (Å²) in [6, 6.07) is -0.744. The zero-order valence-electron chi connectivity index (χ0n) is 9.99. The van der Waals surface area contributed by atoms with E-state index in [1.165, 1.54) is 11.8 Å². The van der Waals surface area contributed by atoms with Crippen LogP contribution in [0.15, 0.2) is 0 Å². The molecule has 2 atom stereocenters. The fourth-order valence-corrected chi connectivity index (χ4v) is 1.42. The summed E-state index contributed by atoms with van der Waals surface area (Å²) in [5.74, 6) is -0.731. The highest BCUT2D eigenvalue weighted by molar-refractivity contribution is 5.83. The lowest BCUT2D eigenvalue weighted by atomic mass is 10.0. The van der Waals surface area contributed by atoms with Gasteiger partial charge in [-0.1, -0.05) is 26.7 Å². The summed E-state index contributed by atoms with van der Waals surface area (Å²) in [5, 5.41) is 8.74. The molecule has 4 nitrogen and oxygen atoms in total. The van der Waals surface area contributed by atoms with Crippen LogP contribution in [0.25, 0.3) is 0 Å². The Morgan fingerprint density at radius 2 is 1.87 bits per heavy atom. The highest BCUT2D eigenvalue weighted by Gasteiger charge is 2.22. The number of amides is 1. The van der Waals surface area contributed by atoms with E-state index in [2.05, 4.69) is 6.92 Å². The van der Waals surface area contributed by atoms with Crippen LogP contribution < -0.4 is 0 Å². The fourth-order valence-electron chi connectivity index (χ4n) is 1.42. The second-order valence-corrected chi connectivity index (χ2v) is 4.12. The molecule has 1 N–H and O–H groups in total. The van der Waals surface area contributed by atoms with E-state index in [0.717, 1.165) is 12.8 Å². The zero-order chi connectivity index (χ0) is 12.0. The molecule has 0 saturated carbocycles. The molecule has 88 valence electrons. The maximum atomic E-state index is 11.6. The molecule has 0 unspecified atom stereocenters. The van der Waals surface area contributed by atoms with Crippen LogP contribution in [-0.4, -0.2) is 35.0 Å². The van der Waals surface area contributed by atoms with Crippen LogP contribution in [0.2, 0.25) is 0 Å². The van der Waals surface area contributed by atoms with Gasteiger partial charge in [0.05, 0.1) is 0 Å². The van der Waals surface area contributed by atoms with Gasteiger partial charge >= 0.3 is 5.97 Å². The first-order chi connectivity index (χ1) is 6.90. The Hall–Kier alpha value is -1.06. The van der Waals surface area contributed by atoms with Crippen molar-refractivity contribution in [2.24, 2.45) is 5.92 Å². The Bertz CT molecular complexity index is 228. The number of aliphatic carboxylic acids is 1. The number of carboxylic acid groups (broad SMARTS) is 1. The van der Waals surface area contributed by atoms with Crippen molar-refractivity contribution in [3.63, 3.8) is 0 Å². The first kappa shape index (κ1) is 13.9. The van der Waals surface area contributed by atoms with Crippen LogP contribution in [0.3, 0.4) is 0 Å². The quantitative estimate of drug-likeness (QED) is 0.734. The number of likely N-dealkylation sites (N-methyl/N-ethyl adjacent to an activating group) is 1. The van der Waals surface area contributed by atoms with Crippen molar-refractivity contribution < 1.29 is 14.7 Å². The van der Waals surface area contributed by atoms with Gasteiger partial charge < -0.3 is 10.0 Å². The van der Waals surface area contributed by atoms with Crippen LogP contribution in [0.1, 0.15) is 40.0 Å². The summed E-state index contributed by atoms with van der Waals surface area (Å²) in [7, 11) is 1.54. The van der Waals surface area contributed by atoms with Gasteiger partial charge in [-0.25, -0.2) is 4.79 Å². The van der Waals surface area contributed by atoms with Gasteiger partial charge in [-0.05, 0) is 12.8 Å². The van der Waals surface area contributed by atoms with Gasteiger partial charge in [-0.3, -0.25) is 4.79 Å². The molecular formula is C11H21NO3. The van der Waals surface area contributed by atoms with Crippen molar-refractivity contribution in [1.82, 2.24) is 4.90 Å². The van der Waals surface area contributed by atoms with Gasteiger partial charge in [-0.15, -0.1) is 0 Å². The van der Waals surface area contributed by atoms with E-state index in [1.54, 1.807) is 7.05 Å². The molecule has 0 aromatic rings. The molecule has 0 radical (unpaired) electrons. The van der Waals surface area contributed by atoms with E-state index in [4.69, 9.17) is 5.11 Å². The fraction of sp³-hybridized carbons (Fsp3) is 0.818. The van der Waals surface area contributed by atoms with Gasteiger partial charge in [0, 0.05) is 13.5 Å². The van der Waals surface area contributed by atoms with Crippen LogP contribution in [0.5, 0.6) is 0 Å². The third-order valence-corrected chi connectivity index (χ3v) is 2.64. The normalized spacial score (nSPS) is 14.4. The predicted molar refractivity (Wildman–Crippen MR) is 58.6 cm³/mol. The predicted octanol–water partition coefficient (Wildman–Crippen LogP) is 1.74. The topological polar surface area (TPSA) is 57.6 Å². The summed E-state index contributed by atoms with van der Waals surface area (Å²) >= 11 is 0. The zero-order valence-corrected chi connectivity index (χ0v) is 9.99. The molecule has 4 heteroatoms. The van der Waals surface area contributed by atoms with Gasteiger partial charge in [0.1, 0.15) is 6.04 Å². The molecule has 0 aromatic heterocycles. The highest BCUT2D eigenvalue weighted by atomic mass is 16.4. The Balaban J connectivity index is 4.15. The van der Waals surface area contributed by atoms with Crippen LogP contribution in [0, 0.1) is 5.92 Å². The first-order valence-electron chi connectivity index (χ1n) is 5.38. The van der Waals surface area contributed by atoms with Crippen molar-refractivity contribution >= 4 is 11.9 Å². The Morgan fingerprint density at radius 3 is 2.27 bits per heavy atom. The van der Waals surface area contributed by atoms with Gasteiger partial charge in [0.2, 0.25) is 5.91 Å². The minimum absolute atomic E-state index is 0.0918. The molecule has 0 aliphatic rings. The van der Waals surface area contributed by atoms with Crippen molar-refractivity contribution in [2.75, 3.05) is 7.05 Å². The number of carbonyl (C=O) groups excluding carboxylic acids is 1. The van der Waals surface area contributed by atoms with E-state index < -0.39 is 12.0 Å². The van der Waals surface area contributed by atoms with Crippen molar-refractivity contribution in [3.8, 4) is 0 Å². The lowest BCUT2D eigenvalue weighted by Crippen LogP contribution is -2.40. The maximum absolute atomic E-state index is 11.6. The lowest BCUT2D eigenvalue weighted by Gasteiger charge is -2.23. The van der Waals surface area contributed by atoms with Crippen LogP contribution in [0.4, 0.5) is 0 Å². The minimum atomic E-state index is -0.964. The molecule has 15 heavy (non-hydrogen) atoms. The molecule has 0 spiro atoms. The number of rotatable bonds is 6. The molecule has 0 fully saturated rings. The SMILES string of the molecule is CCC[C@H](C)CC(=O)N(C)[C@H](C)C(=O)O. The maximum Gasteiger partial charge on any atom is 0.326 e. The monoisotopic (exact) mass is 215 g/mol. The largest absolute Gasteiger partial charge is 0.480 e. The summed E-state index contributed by atoms with van der Waals surface area (Å²) in [6.45, 7) is 5.61. The molecule has 1 amide bonds. The third-order valence-electron chi connectivity index (χ3n) is 2.64. The van der Waals surface area contributed by atoms with Gasteiger partial charge in [0.25, 0.3) is 0 Å².